The van der Waals surface area contributed by atoms with E-state index in [1.165, 1.54) is 11.1 Å². The van der Waals surface area contributed by atoms with E-state index in [0.717, 1.165) is 12.2 Å². The molecule has 0 atom stereocenters. The van der Waals surface area contributed by atoms with Crippen LogP contribution in [-0.2, 0) is 6.54 Å². The minimum absolute atomic E-state index is 0.871. The van der Waals surface area contributed by atoms with E-state index in [1.807, 2.05) is 34.6 Å². The first-order valence-electron chi connectivity index (χ1n) is 6.13. The molecule has 1 aromatic carbocycles. The van der Waals surface area contributed by atoms with Gasteiger partial charge in [0, 0.05) is 12.2 Å². The summed E-state index contributed by atoms with van der Waals surface area (Å²) in [6.45, 7) is 16.7. The van der Waals surface area contributed by atoms with Crippen LogP contribution >= 0.6 is 0 Å². The van der Waals surface area contributed by atoms with Crippen LogP contribution in [0.15, 0.2) is 36.5 Å². The molecule has 92 valence electrons. The number of hydrogen-bond donors (Lipinski definition) is 1. The van der Waals surface area contributed by atoms with E-state index < -0.39 is 0 Å². The van der Waals surface area contributed by atoms with Crippen LogP contribution in [0.3, 0.4) is 0 Å². The average Bonchev–Trinajstić information content (AvgIpc) is 2.33. The molecule has 0 saturated heterocycles. The Hall–Kier alpha value is -1.24. The molecule has 16 heavy (non-hydrogen) atoms. The summed E-state index contributed by atoms with van der Waals surface area (Å²) in [7, 11) is 0. The summed E-state index contributed by atoms with van der Waals surface area (Å²) in [6.07, 6.45) is 0. The first kappa shape index (κ1) is 17.2. The van der Waals surface area contributed by atoms with E-state index in [2.05, 4.69) is 43.1 Å². The predicted molar refractivity (Wildman–Crippen MR) is 75.5 cm³/mol. The molecule has 1 nitrogen and oxygen atoms in total. The van der Waals surface area contributed by atoms with Crippen molar-refractivity contribution in [1.29, 1.82) is 0 Å². The van der Waals surface area contributed by atoms with Gasteiger partial charge in [0.15, 0.2) is 0 Å². The van der Waals surface area contributed by atoms with Crippen LogP contribution in [0.25, 0.3) is 0 Å². The third-order valence-corrected chi connectivity index (χ3v) is 1.71. The van der Waals surface area contributed by atoms with Gasteiger partial charge >= 0.3 is 0 Å². The van der Waals surface area contributed by atoms with Crippen molar-refractivity contribution >= 4 is 0 Å². The Labute approximate surface area is 102 Å². The van der Waals surface area contributed by atoms with Crippen molar-refractivity contribution in [1.82, 2.24) is 5.32 Å². The minimum atomic E-state index is 0.871. The fraction of sp³-hybridized carbons (Fsp3) is 0.467. The summed E-state index contributed by atoms with van der Waals surface area (Å²) in [4.78, 5) is 0. The maximum Gasteiger partial charge on any atom is 0.0397 e. The molecule has 1 N–H and O–H groups in total. The first-order valence-corrected chi connectivity index (χ1v) is 6.13. The Morgan fingerprint density at radius 1 is 1.06 bits per heavy atom. The summed E-state index contributed by atoms with van der Waals surface area (Å²) in [5.74, 6) is 0. The average molecular weight is 221 g/mol. The summed E-state index contributed by atoms with van der Waals surface area (Å²) in [5.41, 5.74) is 3.60. The van der Waals surface area contributed by atoms with Crippen molar-refractivity contribution in [2.45, 2.75) is 48.1 Å². The highest BCUT2D eigenvalue weighted by molar-refractivity contribution is 5.21. The van der Waals surface area contributed by atoms with E-state index in [9.17, 15) is 0 Å². The molecule has 0 aliphatic heterocycles. The molecular weight excluding hydrogens is 194 g/mol. The number of benzene rings is 1. The summed E-state index contributed by atoms with van der Waals surface area (Å²) < 4.78 is 0. The second kappa shape index (κ2) is 11.8. The van der Waals surface area contributed by atoms with Crippen LogP contribution < -0.4 is 5.32 Å². The molecular formula is C15H27N. The van der Waals surface area contributed by atoms with Crippen molar-refractivity contribution in [3.63, 3.8) is 0 Å². The number of hydrogen-bond acceptors (Lipinski definition) is 1. The van der Waals surface area contributed by atoms with Gasteiger partial charge < -0.3 is 5.32 Å². The van der Waals surface area contributed by atoms with Crippen molar-refractivity contribution in [2.24, 2.45) is 0 Å². The third kappa shape index (κ3) is 9.32. The van der Waals surface area contributed by atoms with Gasteiger partial charge in [-0.15, -0.1) is 0 Å². The molecule has 0 heterocycles. The first-order chi connectivity index (χ1) is 7.68. The van der Waals surface area contributed by atoms with Gasteiger partial charge in [-0.25, -0.2) is 0 Å². The van der Waals surface area contributed by atoms with Crippen molar-refractivity contribution in [3.8, 4) is 0 Å². The molecule has 1 rings (SSSR count). The fourth-order valence-electron chi connectivity index (χ4n) is 0.959. The number of aryl methyl sites for hydroxylation is 1. The van der Waals surface area contributed by atoms with Gasteiger partial charge in [0.25, 0.3) is 0 Å². The highest BCUT2D eigenvalue weighted by Gasteiger charge is 1.90. The highest BCUT2D eigenvalue weighted by Crippen LogP contribution is 2.02. The second-order valence-electron chi connectivity index (χ2n) is 3.12. The number of allylic oxidation sites excluding steroid dienone is 1. The van der Waals surface area contributed by atoms with Crippen LogP contribution in [0.1, 0.15) is 45.7 Å². The molecule has 0 amide bonds. The van der Waals surface area contributed by atoms with Crippen LogP contribution in [0, 0.1) is 6.92 Å². The van der Waals surface area contributed by atoms with E-state index in [4.69, 9.17) is 0 Å². The summed E-state index contributed by atoms with van der Waals surface area (Å²) in [6, 6.07) is 8.50. The van der Waals surface area contributed by atoms with Crippen molar-refractivity contribution < 1.29 is 0 Å². The van der Waals surface area contributed by atoms with Crippen LogP contribution in [-0.4, -0.2) is 0 Å². The molecule has 0 spiro atoms. The van der Waals surface area contributed by atoms with E-state index in [0.29, 0.717) is 0 Å². The Bertz CT molecular complexity index is 259. The molecule has 1 aromatic rings. The Balaban J connectivity index is 0. The van der Waals surface area contributed by atoms with Crippen LogP contribution in [0.2, 0.25) is 0 Å². The van der Waals surface area contributed by atoms with E-state index in [1.54, 1.807) is 0 Å². The SMILES string of the molecule is C=C(C)NCc1ccc(C)cc1.CC.CC. The summed E-state index contributed by atoms with van der Waals surface area (Å²) in [5, 5.41) is 3.19. The van der Waals surface area contributed by atoms with Gasteiger partial charge in [0.2, 0.25) is 0 Å². The Morgan fingerprint density at radius 2 is 1.50 bits per heavy atom. The monoisotopic (exact) mass is 221 g/mol. The molecule has 0 aromatic heterocycles. The third-order valence-electron chi connectivity index (χ3n) is 1.71. The second-order valence-corrected chi connectivity index (χ2v) is 3.12. The van der Waals surface area contributed by atoms with Gasteiger partial charge in [0.05, 0.1) is 0 Å². The molecule has 1 heteroatoms. The topological polar surface area (TPSA) is 12.0 Å². The van der Waals surface area contributed by atoms with E-state index in [-0.39, 0.29) is 0 Å². The number of rotatable bonds is 3. The Morgan fingerprint density at radius 3 is 1.88 bits per heavy atom. The lowest BCUT2D eigenvalue weighted by Crippen LogP contribution is -2.08. The van der Waals surface area contributed by atoms with Crippen LogP contribution in [0.4, 0.5) is 0 Å². The molecule has 0 saturated carbocycles. The Kier molecular flexibility index (Phi) is 12.7. The van der Waals surface area contributed by atoms with Crippen molar-refractivity contribution in [3.05, 3.63) is 47.7 Å². The molecule has 0 aliphatic rings. The quantitative estimate of drug-likeness (QED) is 0.782. The largest absolute Gasteiger partial charge is 0.385 e. The maximum atomic E-state index is 3.78. The molecule has 0 bridgehead atoms. The molecule has 0 radical (unpaired) electrons. The zero-order chi connectivity index (χ0) is 13.0. The van der Waals surface area contributed by atoms with Crippen molar-refractivity contribution in [2.75, 3.05) is 0 Å². The van der Waals surface area contributed by atoms with Gasteiger partial charge in [-0.2, -0.15) is 0 Å². The lowest BCUT2D eigenvalue weighted by Gasteiger charge is -2.04. The molecule has 0 fully saturated rings. The lowest BCUT2D eigenvalue weighted by atomic mass is 10.1. The van der Waals surface area contributed by atoms with Gasteiger partial charge in [-0.3, -0.25) is 0 Å². The van der Waals surface area contributed by atoms with Gasteiger partial charge in [0.1, 0.15) is 0 Å². The smallest absolute Gasteiger partial charge is 0.0397 e. The standard InChI is InChI=1S/C11H15N.2C2H6/c1-9(2)12-8-11-6-4-10(3)5-7-11;2*1-2/h4-7,12H,1,8H2,2-3H3;2*1-2H3. The molecule has 0 aliphatic carbocycles. The normalized spacial score (nSPS) is 7.88. The van der Waals surface area contributed by atoms with E-state index >= 15 is 0 Å². The molecule has 0 unspecified atom stereocenters. The minimum Gasteiger partial charge on any atom is -0.385 e. The zero-order valence-corrected chi connectivity index (χ0v) is 11.7. The predicted octanol–water partition coefficient (Wildman–Crippen LogP) is 4.67. The van der Waals surface area contributed by atoms with Crippen LogP contribution in [0.5, 0.6) is 0 Å². The van der Waals surface area contributed by atoms with Gasteiger partial charge in [-0.1, -0.05) is 64.1 Å². The summed E-state index contributed by atoms with van der Waals surface area (Å²) >= 11 is 0. The maximum absolute atomic E-state index is 3.78. The number of nitrogens with one attached hydrogen (secondary N) is 1. The highest BCUT2D eigenvalue weighted by atomic mass is 14.9. The van der Waals surface area contributed by atoms with Gasteiger partial charge in [-0.05, 0) is 19.4 Å². The lowest BCUT2D eigenvalue weighted by molar-refractivity contribution is 0.815. The zero-order valence-electron chi connectivity index (χ0n) is 11.7. The fourth-order valence-corrected chi connectivity index (χ4v) is 0.959.